The average molecular weight is 348 g/mol. The second kappa shape index (κ2) is 8.41. The molecule has 0 aliphatic heterocycles. The number of nitrogens with zero attached hydrogens (tertiary/aromatic N) is 3. The number of anilines is 1. The van der Waals surface area contributed by atoms with E-state index in [1.165, 1.54) is 12.8 Å². The Labute approximate surface area is 146 Å². The van der Waals surface area contributed by atoms with E-state index in [-0.39, 0.29) is 19.1 Å². The zero-order valence-corrected chi connectivity index (χ0v) is 14.5. The summed E-state index contributed by atoms with van der Waals surface area (Å²) in [4.78, 5) is 14.4. The van der Waals surface area contributed by atoms with Crippen molar-refractivity contribution < 1.29 is 9.90 Å². The Kier molecular flexibility index (Phi) is 6.01. The molecule has 1 aliphatic rings. The van der Waals surface area contributed by atoms with Crippen molar-refractivity contribution in [3.05, 3.63) is 34.7 Å². The highest BCUT2D eigenvalue weighted by atomic mass is 32.1. The Balaban J connectivity index is 1.58. The molecule has 0 saturated heterocycles. The van der Waals surface area contributed by atoms with Gasteiger partial charge in [0.1, 0.15) is 5.82 Å². The van der Waals surface area contributed by atoms with Gasteiger partial charge in [0.25, 0.3) is 0 Å². The number of aliphatic hydroxyl groups excluding tert-OH is 1. The van der Waals surface area contributed by atoms with Gasteiger partial charge in [0.15, 0.2) is 0 Å². The molecule has 1 saturated carbocycles. The van der Waals surface area contributed by atoms with Crippen LogP contribution >= 0.6 is 11.3 Å². The minimum absolute atomic E-state index is 0.0391. The van der Waals surface area contributed by atoms with Gasteiger partial charge in [-0.1, -0.05) is 12.8 Å². The Morgan fingerprint density at radius 2 is 2.25 bits per heavy atom. The molecule has 0 bridgehead atoms. The fraction of sp³-hybridized carbons (Fsp3) is 0.529. The molecule has 0 spiro atoms. The number of carbonyl (C=O) groups is 1. The van der Waals surface area contributed by atoms with E-state index in [9.17, 15) is 9.90 Å². The summed E-state index contributed by atoms with van der Waals surface area (Å²) in [7, 11) is 0. The molecule has 0 aromatic carbocycles. The molecule has 1 aliphatic carbocycles. The lowest BCUT2D eigenvalue weighted by atomic mass is 10.2. The third-order valence-electron chi connectivity index (χ3n) is 4.38. The summed E-state index contributed by atoms with van der Waals surface area (Å²) in [6.45, 7) is 1.44. The number of hydrogen-bond donors (Lipinski definition) is 2. The quantitative estimate of drug-likeness (QED) is 0.769. The van der Waals surface area contributed by atoms with E-state index >= 15 is 0 Å². The number of aliphatic hydroxyl groups is 1. The van der Waals surface area contributed by atoms with Crippen LogP contribution in [0.3, 0.4) is 0 Å². The molecule has 130 valence electrons. The molecule has 3 rings (SSSR count). The molecular formula is C17H24N4O2S. The molecule has 2 N–H and O–H groups in total. The van der Waals surface area contributed by atoms with E-state index in [4.69, 9.17) is 0 Å². The smallest absolute Gasteiger partial charge is 0.239 e. The fourth-order valence-corrected chi connectivity index (χ4v) is 3.89. The maximum Gasteiger partial charge on any atom is 0.239 e. The Hall–Kier alpha value is -1.70. The maximum atomic E-state index is 12.4. The van der Waals surface area contributed by atoms with Gasteiger partial charge in [-0.15, -0.1) is 0 Å². The first-order chi connectivity index (χ1) is 11.8. The van der Waals surface area contributed by atoms with Crippen LogP contribution in [0.5, 0.6) is 0 Å². The van der Waals surface area contributed by atoms with Crippen molar-refractivity contribution in [2.75, 3.05) is 25.0 Å². The summed E-state index contributed by atoms with van der Waals surface area (Å²) in [6, 6.07) is 4.29. The monoisotopic (exact) mass is 348 g/mol. The summed E-state index contributed by atoms with van der Waals surface area (Å²) >= 11 is 1.64. The van der Waals surface area contributed by atoms with Gasteiger partial charge in [0.05, 0.1) is 25.4 Å². The SMILES string of the molecule is O=C(CN(CCO)Cc1ccsc1)Nc1ccnn1C1CCCC1. The van der Waals surface area contributed by atoms with Gasteiger partial charge in [-0.05, 0) is 35.2 Å². The van der Waals surface area contributed by atoms with Gasteiger partial charge in [0, 0.05) is 19.2 Å². The van der Waals surface area contributed by atoms with Gasteiger partial charge in [0.2, 0.25) is 5.91 Å². The Morgan fingerprint density at radius 1 is 1.42 bits per heavy atom. The van der Waals surface area contributed by atoms with Crippen molar-refractivity contribution in [3.8, 4) is 0 Å². The first kappa shape index (κ1) is 17.1. The maximum absolute atomic E-state index is 12.4. The van der Waals surface area contributed by atoms with Crippen molar-refractivity contribution in [1.29, 1.82) is 0 Å². The highest BCUT2D eigenvalue weighted by molar-refractivity contribution is 7.07. The summed E-state index contributed by atoms with van der Waals surface area (Å²) in [6.07, 6.45) is 6.44. The molecular weight excluding hydrogens is 324 g/mol. The third-order valence-corrected chi connectivity index (χ3v) is 5.11. The highest BCUT2D eigenvalue weighted by Crippen LogP contribution is 2.31. The normalized spacial score (nSPS) is 15.2. The van der Waals surface area contributed by atoms with Crippen molar-refractivity contribution in [2.45, 2.75) is 38.3 Å². The Morgan fingerprint density at radius 3 is 2.96 bits per heavy atom. The van der Waals surface area contributed by atoms with E-state index in [0.29, 0.717) is 19.1 Å². The topological polar surface area (TPSA) is 70.4 Å². The van der Waals surface area contributed by atoms with Crippen LogP contribution < -0.4 is 5.32 Å². The highest BCUT2D eigenvalue weighted by Gasteiger charge is 2.21. The largest absolute Gasteiger partial charge is 0.395 e. The summed E-state index contributed by atoms with van der Waals surface area (Å²) in [5.41, 5.74) is 1.16. The van der Waals surface area contributed by atoms with Gasteiger partial charge < -0.3 is 10.4 Å². The van der Waals surface area contributed by atoms with Crippen LogP contribution in [0.1, 0.15) is 37.3 Å². The lowest BCUT2D eigenvalue weighted by molar-refractivity contribution is -0.117. The average Bonchev–Trinajstić information content (AvgIpc) is 3.29. The van der Waals surface area contributed by atoms with Crippen LogP contribution in [0, 0.1) is 0 Å². The predicted molar refractivity (Wildman–Crippen MR) is 95.0 cm³/mol. The van der Waals surface area contributed by atoms with Crippen LogP contribution in [-0.4, -0.2) is 45.4 Å². The molecule has 2 heterocycles. The second-order valence-electron chi connectivity index (χ2n) is 6.21. The third kappa shape index (κ3) is 4.43. The number of rotatable bonds is 8. The lowest BCUT2D eigenvalue weighted by Gasteiger charge is -2.21. The van der Waals surface area contributed by atoms with Crippen molar-refractivity contribution in [1.82, 2.24) is 14.7 Å². The van der Waals surface area contributed by atoms with Gasteiger partial charge >= 0.3 is 0 Å². The van der Waals surface area contributed by atoms with Crippen LogP contribution in [-0.2, 0) is 11.3 Å². The van der Waals surface area contributed by atoms with Crippen LogP contribution in [0.2, 0.25) is 0 Å². The molecule has 1 amide bonds. The minimum atomic E-state index is -0.0709. The fourth-order valence-electron chi connectivity index (χ4n) is 3.23. The van der Waals surface area contributed by atoms with Crippen LogP contribution in [0.25, 0.3) is 0 Å². The molecule has 6 nitrogen and oxygen atoms in total. The molecule has 1 fully saturated rings. The first-order valence-electron chi connectivity index (χ1n) is 8.44. The zero-order chi connectivity index (χ0) is 16.8. The van der Waals surface area contributed by atoms with Crippen molar-refractivity contribution >= 4 is 23.1 Å². The second-order valence-corrected chi connectivity index (χ2v) is 6.99. The summed E-state index contributed by atoms with van der Waals surface area (Å²) < 4.78 is 1.94. The number of aromatic nitrogens is 2. The zero-order valence-electron chi connectivity index (χ0n) is 13.7. The van der Waals surface area contributed by atoms with Gasteiger partial charge in [-0.3, -0.25) is 9.69 Å². The van der Waals surface area contributed by atoms with E-state index in [1.807, 2.05) is 27.1 Å². The molecule has 7 heteroatoms. The Bertz CT molecular complexity index is 635. The summed E-state index contributed by atoms with van der Waals surface area (Å²) in [5.74, 6) is 0.699. The minimum Gasteiger partial charge on any atom is -0.395 e. The number of carbonyl (C=O) groups excluding carboxylic acids is 1. The number of hydrogen-bond acceptors (Lipinski definition) is 5. The van der Waals surface area contributed by atoms with E-state index in [1.54, 1.807) is 17.5 Å². The van der Waals surface area contributed by atoms with Crippen molar-refractivity contribution in [3.63, 3.8) is 0 Å². The van der Waals surface area contributed by atoms with Crippen molar-refractivity contribution in [2.24, 2.45) is 0 Å². The van der Waals surface area contributed by atoms with E-state index in [2.05, 4.69) is 15.8 Å². The molecule has 0 atom stereocenters. The number of nitrogens with one attached hydrogen (secondary N) is 1. The molecule has 2 aromatic rings. The lowest BCUT2D eigenvalue weighted by Crippen LogP contribution is -2.35. The van der Waals surface area contributed by atoms with Crippen LogP contribution in [0.15, 0.2) is 29.1 Å². The van der Waals surface area contributed by atoms with Crippen LogP contribution in [0.4, 0.5) is 5.82 Å². The van der Waals surface area contributed by atoms with E-state index < -0.39 is 0 Å². The standard InChI is InChI=1S/C17H24N4O2S/c22-9-8-20(11-14-6-10-24-13-14)12-17(23)19-16-5-7-18-21(16)15-3-1-2-4-15/h5-7,10,13,15,22H,1-4,8-9,11-12H2,(H,19,23). The van der Waals surface area contributed by atoms with E-state index in [0.717, 1.165) is 24.2 Å². The van der Waals surface area contributed by atoms with Gasteiger partial charge in [-0.25, -0.2) is 4.68 Å². The molecule has 24 heavy (non-hydrogen) atoms. The molecule has 0 radical (unpaired) electrons. The first-order valence-corrected chi connectivity index (χ1v) is 9.38. The molecule has 2 aromatic heterocycles. The summed E-state index contributed by atoms with van der Waals surface area (Å²) in [5, 5.41) is 20.7. The molecule has 0 unspecified atom stereocenters. The number of amides is 1. The van der Waals surface area contributed by atoms with Gasteiger partial charge in [-0.2, -0.15) is 16.4 Å². The predicted octanol–water partition coefficient (Wildman–Crippen LogP) is 2.49. The number of thiophene rings is 1.